The van der Waals surface area contributed by atoms with E-state index < -0.39 is 22.0 Å². The summed E-state index contributed by atoms with van der Waals surface area (Å²) in [6.07, 6.45) is 7.24. The normalized spacial score (nSPS) is 19.8. The Morgan fingerprint density at radius 1 is 1.39 bits per heavy atom. The molecule has 0 aliphatic carbocycles. The fraction of sp³-hybridized carbons (Fsp3) is 0.250. The van der Waals surface area contributed by atoms with Crippen LogP contribution in [0.4, 0.5) is 0 Å². The number of benzene rings is 1. The van der Waals surface area contributed by atoms with E-state index in [0.717, 1.165) is 4.31 Å². The first kappa shape index (κ1) is 12.6. The van der Waals surface area contributed by atoms with Gasteiger partial charge in [0.25, 0.3) is 0 Å². The third-order valence-corrected chi connectivity index (χ3v) is 4.78. The van der Waals surface area contributed by atoms with Crippen LogP contribution in [0.15, 0.2) is 29.2 Å². The second-order valence-corrected chi connectivity index (χ2v) is 5.80. The Labute approximate surface area is 105 Å². The summed E-state index contributed by atoms with van der Waals surface area (Å²) in [6.45, 7) is 0.220. The second-order valence-electron chi connectivity index (χ2n) is 3.91. The Hall–Kier alpha value is -1.84. The van der Waals surface area contributed by atoms with Crippen LogP contribution in [0.3, 0.4) is 0 Å². The lowest BCUT2D eigenvalue weighted by atomic mass is 10.1. The summed E-state index contributed by atoms with van der Waals surface area (Å²) in [5, 5.41) is 8.86. The molecule has 1 radical (unpaired) electrons. The van der Waals surface area contributed by atoms with Gasteiger partial charge in [0.1, 0.15) is 6.04 Å². The molecule has 1 atom stereocenters. The highest BCUT2D eigenvalue weighted by Gasteiger charge is 2.42. The summed E-state index contributed by atoms with van der Waals surface area (Å²) in [7, 11) is -3.76. The molecule has 1 N–H and O–H groups in total. The Bertz CT molecular complexity index is 612. The molecule has 1 saturated heterocycles. The van der Waals surface area contributed by atoms with E-state index in [1.165, 1.54) is 24.3 Å². The largest absolute Gasteiger partial charge is 0.480 e. The minimum Gasteiger partial charge on any atom is -0.480 e. The van der Waals surface area contributed by atoms with Gasteiger partial charge in [0.15, 0.2) is 0 Å². The van der Waals surface area contributed by atoms with Crippen LogP contribution in [0.25, 0.3) is 0 Å². The topological polar surface area (TPSA) is 74.7 Å². The number of rotatable bonds is 3. The zero-order valence-corrected chi connectivity index (χ0v) is 10.1. The molecular weight excluding hydrogens is 254 g/mol. The number of aliphatic carboxylic acids is 1. The molecule has 1 aromatic carbocycles. The summed E-state index contributed by atoms with van der Waals surface area (Å²) in [4.78, 5) is 10.9. The Morgan fingerprint density at radius 2 is 2.00 bits per heavy atom. The van der Waals surface area contributed by atoms with Crippen molar-refractivity contribution >= 4 is 16.0 Å². The van der Waals surface area contributed by atoms with Crippen molar-refractivity contribution < 1.29 is 18.3 Å². The third-order valence-electron chi connectivity index (χ3n) is 2.86. The fourth-order valence-corrected chi connectivity index (χ4v) is 3.37. The number of hydrogen-bond donors (Lipinski definition) is 1. The fourth-order valence-electron chi connectivity index (χ4n) is 1.74. The molecule has 93 valence electrons. The van der Waals surface area contributed by atoms with Gasteiger partial charge >= 0.3 is 5.97 Å². The number of carboxylic acid groups (broad SMARTS) is 1. The molecule has 0 aromatic heterocycles. The number of sulfonamides is 1. The van der Waals surface area contributed by atoms with Crippen LogP contribution in [0.5, 0.6) is 0 Å². The summed E-state index contributed by atoms with van der Waals surface area (Å²) < 4.78 is 25.2. The maximum atomic E-state index is 12.1. The minimum atomic E-state index is -3.76. The second kappa shape index (κ2) is 4.44. The van der Waals surface area contributed by atoms with Crippen molar-refractivity contribution in [3.05, 3.63) is 36.3 Å². The van der Waals surface area contributed by atoms with E-state index in [9.17, 15) is 13.2 Å². The molecule has 0 bridgehead atoms. The molecule has 0 spiro atoms. The molecule has 2 rings (SSSR count). The molecule has 1 unspecified atom stereocenters. The van der Waals surface area contributed by atoms with Crippen LogP contribution >= 0.6 is 0 Å². The van der Waals surface area contributed by atoms with Crippen LogP contribution in [-0.4, -0.2) is 36.4 Å². The first-order valence-electron chi connectivity index (χ1n) is 5.24. The maximum absolute atomic E-state index is 12.1. The van der Waals surface area contributed by atoms with Crippen molar-refractivity contribution in [1.82, 2.24) is 4.31 Å². The van der Waals surface area contributed by atoms with Crippen LogP contribution in [0.2, 0.25) is 0 Å². The zero-order valence-electron chi connectivity index (χ0n) is 9.33. The lowest BCUT2D eigenvalue weighted by Crippen LogP contribution is -2.54. The molecular formula is C12H10NO4S. The van der Waals surface area contributed by atoms with Crippen LogP contribution in [0, 0.1) is 12.3 Å². The molecule has 1 aliphatic rings. The molecule has 5 nitrogen and oxygen atoms in total. The van der Waals surface area contributed by atoms with Crippen molar-refractivity contribution in [3.63, 3.8) is 0 Å². The summed E-state index contributed by atoms with van der Waals surface area (Å²) in [5.74, 6) is 1.01. The molecule has 1 aliphatic heterocycles. The summed E-state index contributed by atoms with van der Waals surface area (Å²) in [6, 6.07) is 4.64. The van der Waals surface area contributed by atoms with Gasteiger partial charge in [-0.2, -0.15) is 4.31 Å². The van der Waals surface area contributed by atoms with Crippen molar-refractivity contribution in [2.75, 3.05) is 6.54 Å². The summed E-state index contributed by atoms with van der Waals surface area (Å²) >= 11 is 0. The highest BCUT2D eigenvalue weighted by molar-refractivity contribution is 7.89. The molecule has 6 heteroatoms. The van der Waals surface area contributed by atoms with Gasteiger partial charge in [-0.15, -0.1) is 0 Å². The Balaban J connectivity index is 2.31. The number of carboxylic acids is 1. The van der Waals surface area contributed by atoms with E-state index in [1.54, 1.807) is 0 Å². The molecule has 1 heterocycles. The van der Waals surface area contributed by atoms with Gasteiger partial charge in [-0.1, -0.05) is 5.92 Å². The van der Waals surface area contributed by atoms with Crippen molar-refractivity contribution in [2.24, 2.45) is 0 Å². The van der Waals surface area contributed by atoms with Crippen LogP contribution in [0.1, 0.15) is 12.0 Å². The smallest absolute Gasteiger partial charge is 0.322 e. The molecule has 0 amide bonds. The average molecular weight is 264 g/mol. The SMILES string of the molecule is [C]#Cc1ccc(S(=O)(=O)N2CCC2C(=O)O)cc1. The highest BCUT2D eigenvalue weighted by Crippen LogP contribution is 2.27. The van der Waals surface area contributed by atoms with E-state index in [2.05, 4.69) is 5.92 Å². The monoisotopic (exact) mass is 264 g/mol. The molecule has 1 aromatic rings. The van der Waals surface area contributed by atoms with Gasteiger partial charge in [-0.3, -0.25) is 4.79 Å². The summed E-state index contributed by atoms with van der Waals surface area (Å²) in [5.41, 5.74) is 0.465. The molecule has 0 saturated carbocycles. The highest BCUT2D eigenvalue weighted by atomic mass is 32.2. The van der Waals surface area contributed by atoms with E-state index in [0.29, 0.717) is 12.0 Å². The Kier molecular flexibility index (Phi) is 3.11. The van der Waals surface area contributed by atoms with Gasteiger partial charge in [0.05, 0.1) is 4.90 Å². The van der Waals surface area contributed by atoms with Crippen molar-refractivity contribution in [2.45, 2.75) is 17.4 Å². The van der Waals surface area contributed by atoms with Crippen LogP contribution in [-0.2, 0) is 14.8 Å². The number of nitrogens with zero attached hydrogens (tertiary/aromatic N) is 1. The minimum absolute atomic E-state index is 0.0347. The third kappa shape index (κ3) is 1.98. The van der Waals surface area contributed by atoms with E-state index in [4.69, 9.17) is 11.5 Å². The lowest BCUT2D eigenvalue weighted by Gasteiger charge is -2.36. The predicted molar refractivity (Wildman–Crippen MR) is 62.6 cm³/mol. The molecule has 18 heavy (non-hydrogen) atoms. The predicted octanol–water partition coefficient (Wildman–Crippen LogP) is 0.472. The van der Waals surface area contributed by atoms with Gasteiger partial charge in [-0.25, -0.2) is 8.42 Å². The van der Waals surface area contributed by atoms with Gasteiger partial charge < -0.3 is 5.11 Å². The maximum Gasteiger partial charge on any atom is 0.322 e. The molecule has 1 fully saturated rings. The van der Waals surface area contributed by atoms with Gasteiger partial charge in [0, 0.05) is 12.1 Å². The van der Waals surface area contributed by atoms with E-state index >= 15 is 0 Å². The van der Waals surface area contributed by atoms with Gasteiger partial charge in [0.2, 0.25) is 10.0 Å². The Morgan fingerprint density at radius 3 is 2.39 bits per heavy atom. The lowest BCUT2D eigenvalue weighted by molar-refractivity contribution is -0.144. The van der Waals surface area contributed by atoms with Crippen molar-refractivity contribution in [3.8, 4) is 5.92 Å². The van der Waals surface area contributed by atoms with Crippen molar-refractivity contribution in [1.29, 1.82) is 0 Å². The standard InChI is InChI=1S/C12H10NO4S/c1-2-9-3-5-10(6-4-9)18(16,17)13-8-7-11(13)12(14)15/h3-6,11H,7-8H2,(H,14,15). The first-order valence-corrected chi connectivity index (χ1v) is 6.68. The van der Waals surface area contributed by atoms with E-state index in [1.807, 2.05) is 0 Å². The van der Waals surface area contributed by atoms with E-state index in [-0.39, 0.29) is 11.4 Å². The zero-order chi connectivity index (χ0) is 13.3. The quantitative estimate of drug-likeness (QED) is 0.805. The van der Waals surface area contributed by atoms with Crippen LogP contribution < -0.4 is 0 Å². The number of carbonyl (C=O) groups is 1. The average Bonchev–Trinajstić information content (AvgIpc) is 2.26. The number of hydrogen-bond acceptors (Lipinski definition) is 3. The first-order chi connectivity index (χ1) is 8.46. The van der Waals surface area contributed by atoms with Gasteiger partial charge in [-0.05, 0) is 37.1 Å².